The summed E-state index contributed by atoms with van der Waals surface area (Å²) in [6.45, 7) is 1.07. The van der Waals surface area contributed by atoms with Crippen LogP contribution in [0.3, 0.4) is 0 Å². The highest BCUT2D eigenvalue weighted by molar-refractivity contribution is 5.98. The summed E-state index contributed by atoms with van der Waals surface area (Å²) in [5, 5.41) is 10.1. The number of para-hydroxylation sites is 1. The molecule has 1 saturated heterocycles. The number of carbonyl (C=O) groups is 1. The molecule has 2 aliphatic rings. The van der Waals surface area contributed by atoms with Gasteiger partial charge in [-0.2, -0.15) is 0 Å². The highest BCUT2D eigenvalue weighted by Crippen LogP contribution is 2.38. The summed E-state index contributed by atoms with van der Waals surface area (Å²) >= 11 is 0. The van der Waals surface area contributed by atoms with Crippen LogP contribution in [0, 0.1) is 5.82 Å². The van der Waals surface area contributed by atoms with Gasteiger partial charge in [0.1, 0.15) is 19.0 Å². The maximum Gasteiger partial charge on any atom is 0.258 e. The number of ether oxygens (including phenoxy) is 2. The molecule has 0 bridgehead atoms. The molecular formula is C19H18FNO4. The molecule has 5 nitrogen and oxygen atoms in total. The number of likely N-dealkylation sites (tertiary alicyclic amines) is 1. The van der Waals surface area contributed by atoms with Gasteiger partial charge >= 0.3 is 0 Å². The third kappa shape index (κ3) is 2.93. The van der Waals surface area contributed by atoms with Gasteiger partial charge in [0.05, 0.1) is 17.7 Å². The van der Waals surface area contributed by atoms with Gasteiger partial charge in [-0.15, -0.1) is 0 Å². The first-order chi connectivity index (χ1) is 12.1. The minimum atomic E-state index is -0.615. The van der Waals surface area contributed by atoms with E-state index >= 15 is 0 Å². The topological polar surface area (TPSA) is 59.0 Å². The smallest absolute Gasteiger partial charge is 0.258 e. The Morgan fingerprint density at radius 3 is 2.68 bits per heavy atom. The molecule has 2 atom stereocenters. The van der Waals surface area contributed by atoms with Gasteiger partial charge in [0.15, 0.2) is 11.5 Å². The Morgan fingerprint density at radius 2 is 1.88 bits per heavy atom. The molecule has 2 aromatic rings. The van der Waals surface area contributed by atoms with Crippen molar-refractivity contribution < 1.29 is 23.8 Å². The van der Waals surface area contributed by atoms with Gasteiger partial charge in [0.25, 0.3) is 5.91 Å². The van der Waals surface area contributed by atoms with E-state index in [1.54, 1.807) is 35.2 Å². The number of nitrogens with zero attached hydrogens (tertiary/aromatic N) is 1. The van der Waals surface area contributed by atoms with Crippen LogP contribution in [0.1, 0.15) is 28.4 Å². The molecule has 0 unspecified atom stereocenters. The Labute approximate surface area is 144 Å². The third-order valence-corrected chi connectivity index (χ3v) is 4.59. The molecule has 130 valence electrons. The highest BCUT2D eigenvalue weighted by Gasteiger charge is 2.37. The number of aliphatic hydroxyl groups excluding tert-OH is 1. The highest BCUT2D eigenvalue weighted by atomic mass is 19.1. The van der Waals surface area contributed by atoms with Gasteiger partial charge in [-0.1, -0.05) is 18.2 Å². The van der Waals surface area contributed by atoms with E-state index in [4.69, 9.17) is 9.47 Å². The molecule has 0 aromatic heterocycles. The molecule has 0 spiro atoms. The molecule has 6 heteroatoms. The van der Waals surface area contributed by atoms with Crippen molar-refractivity contribution in [2.75, 3.05) is 19.8 Å². The average Bonchev–Trinajstić information content (AvgIpc) is 3.03. The minimum absolute atomic E-state index is 0.228. The number of benzene rings is 2. The number of hydrogen-bond donors (Lipinski definition) is 1. The molecule has 1 N–H and O–H groups in total. The molecule has 0 aliphatic carbocycles. The van der Waals surface area contributed by atoms with Gasteiger partial charge < -0.3 is 19.5 Å². The zero-order valence-corrected chi connectivity index (χ0v) is 13.5. The maximum absolute atomic E-state index is 13.2. The quantitative estimate of drug-likeness (QED) is 0.910. The lowest BCUT2D eigenvalue weighted by Gasteiger charge is -2.27. The second kappa shape index (κ2) is 6.37. The van der Waals surface area contributed by atoms with Gasteiger partial charge in [-0.3, -0.25) is 4.79 Å². The molecule has 1 amide bonds. The fourth-order valence-corrected chi connectivity index (χ4v) is 3.44. The number of amides is 1. The SMILES string of the molecule is O=C(c1cccc2c1OCCO2)N1C[C@@H](O)C[C@H]1c1ccc(F)cc1. The average molecular weight is 343 g/mol. The van der Waals surface area contributed by atoms with Crippen LogP contribution in [0.4, 0.5) is 4.39 Å². The van der Waals surface area contributed by atoms with E-state index in [-0.39, 0.29) is 24.3 Å². The standard InChI is InChI=1S/C19H18FNO4/c20-13-6-4-12(5-7-13)16-10-14(22)11-21(16)19(23)15-2-1-3-17-18(15)25-9-8-24-17/h1-7,14,16,22H,8-11H2/t14-,16-/m0/s1. The fourth-order valence-electron chi connectivity index (χ4n) is 3.44. The minimum Gasteiger partial charge on any atom is -0.486 e. The molecule has 25 heavy (non-hydrogen) atoms. The van der Waals surface area contributed by atoms with Gasteiger partial charge in [-0.25, -0.2) is 4.39 Å². The van der Waals surface area contributed by atoms with Crippen molar-refractivity contribution in [1.82, 2.24) is 4.90 Å². The zero-order valence-electron chi connectivity index (χ0n) is 13.5. The van der Waals surface area contributed by atoms with Crippen LogP contribution in [-0.4, -0.2) is 41.8 Å². The largest absolute Gasteiger partial charge is 0.486 e. The number of aliphatic hydroxyl groups is 1. The van der Waals surface area contributed by atoms with Crippen molar-refractivity contribution in [3.05, 3.63) is 59.4 Å². The summed E-state index contributed by atoms with van der Waals surface area (Å²) in [4.78, 5) is 14.7. The van der Waals surface area contributed by atoms with Crippen LogP contribution >= 0.6 is 0 Å². The summed E-state index contributed by atoms with van der Waals surface area (Å²) in [5.74, 6) is 0.434. The Kier molecular flexibility index (Phi) is 4.05. The van der Waals surface area contributed by atoms with Gasteiger partial charge in [0.2, 0.25) is 0 Å². The Balaban J connectivity index is 1.67. The van der Waals surface area contributed by atoms with E-state index in [2.05, 4.69) is 0 Å². The zero-order chi connectivity index (χ0) is 17.4. The first kappa shape index (κ1) is 15.9. The third-order valence-electron chi connectivity index (χ3n) is 4.59. The first-order valence-corrected chi connectivity index (χ1v) is 8.26. The van der Waals surface area contributed by atoms with E-state index in [1.165, 1.54) is 12.1 Å². The van der Waals surface area contributed by atoms with Crippen LogP contribution in [0.2, 0.25) is 0 Å². The normalized spacial score (nSPS) is 22.1. The number of hydrogen-bond acceptors (Lipinski definition) is 4. The molecule has 0 radical (unpaired) electrons. The Hall–Kier alpha value is -2.60. The van der Waals surface area contributed by atoms with E-state index < -0.39 is 6.10 Å². The molecule has 4 rings (SSSR count). The van der Waals surface area contributed by atoms with Crippen molar-refractivity contribution in [1.29, 1.82) is 0 Å². The van der Waals surface area contributed by atoms with Crippen molar-refractivity contribution in [3.8, 4) is 11.5 Å². The van der Waals surface area contributed by atoms with Gasteiger partial charge in [-0.05, 0) is 36.2 Å². The van der Waals surface area contributed by atoms with Gasteiger partial charge in [0, 0.05) is 6.54 Å². The maximum atomic E-state index is 13.2. The van der Waals surface area contributed by atoms with Crippen molar-refractivity contribution in [2.24, 2.45) is 0 Å². The van der Waals surface area contributed by atoms with Crippen LogP contribution in [-0.2, 0) is 0 Å². The summed E-state index contributed by atoms with van der Waals surface area (Å²) in [6.07, 6.45) is -0.195. The van der Waals surface area contributed by atoms with Crippen molar-refractivity contribution >= 4 is 5.91 Å². The molecule has 2 aromatic carbocycles. The van der Waals surface area contributed by atoms with Crippen LogP contribution in [0.5, 0.6) is 11.5 Å². The summed E-state index contributed by atoms with van der Waals surface area (Å²) in [7, 11) is 0. The Bertz CT molecular complexity index is 793. The molecule has 2 heterocycles. The number of fused-ring (bicyclic) bond motifs is 1. The number of carbonyl (C=O) groups excluding carboxylic acids is 1. The number of halogens is 1. The first-order valence-electron chi connectivity index (χ1n) is 8.26. The van der Waals surface area contributed by atoms with Crippen LogP contribution in [0.15, 0.2) is 42.5 Å². The lowest BCUT2D eigenvalue weighted by Crippen LogP contribution is -2.32. The van der Waals surface area contributed by atoms with E-state index in [0.717, 1.165) is 5.56 Å². The van der Waals surface area contributed by atoms with Crippen LogP contribution < -0.4 is 9.47 Å². The number of rotatable bonds is 2. The predicted octanol–water partition coefficient (Wildman–Crippen LogP) is 2.55. The van der Waals surface area contributed by atoms with Crippen molar-refractivity contribution in [3.63, 3.8) is 0 Å². The molecule has 2 aliphatic heterocycles. The summed E-state index contributed by atoms with van der Waals surface area (Å²) < 4.78 is 24.4. The Morgan fingerprint density at radius 1 is 1.12 bits per heavy atom. The van der Waals surface area contributed by atoms with E-state index in [1.807, 2.05) is 0 Å². The van der Waals surface area contributed by atoms with E-state index in [0.29, 0.717) is 36.7 Å². The molecule has 0 saturated carbocycles. The number of β-amino-alcohol motifs (C(OH)–C–C–N with tert-alkyl or cyclic N) is 1. The summed E-state index contributed by atoms with van der Waals surface area (Å²) in [6, 6.07) is 10.9. The van der Waals surface area contributed by atoms with Crippen LogP contribution in [0.25, 0.3) is 0 Å². The van der Waals surface area contributed by atoms with E-state index in [9.17, 15) is 14.3 Å². The second-order valence-corrected chi connectivity index (χ2v) is 6.24. The fraction of sp³-hybridized carbons (Fsp3) is 0.316. The van der Waals surface area contributed by atoms with Crippen molar-refractivity contribution in [2.45, 2.75) is 18.6 Å². The summed E-state index contributed by atoms with van der Waals surface area (Å²) in [5.41, 5.74) is 1.21. The lowest BCUT2D eigenvalue weighted by molar-refractivity contribution is 0.0705. The predicted molar refractivity (Wildman–Crippen MR) is 88.2 cm³/mol. The monoisotopic (exact) mass is 343 g/mol. The second-order valence-electron chi connectivity index (χ2n) is 6.24. The molecule has 1 fully saturated rings. The lowest BCUT2D eigenvalue weighted by atomic mass is 10.0. The molecular weight excluding hydrogens is 325 g/mol.